The lowest BCUT2D eigenvalue weighted by Gasteiger charge is -2.26. The molecule has 0 bridgehead atoms. The number of hydrogen-bond acceptors (Lipinski definition) is 3. The molecule has 0 unspecified atom stereocenters. The van der Waals surface area contributed by atoms with Crippen LogP contribution in [0.15, 0.2) is 12.2 Å². The highest BCUT2D eigenvalue weighted by Gasteiger charge is 2.29. The molecular formula is C10H15NO3. The van der Waals surface area contributed by atoms with Crippen LogP contribution in [0, 0.1) is 5.92 Å². The van der Waals surface area contributed by atoms with Crippen LogP contribution in [0.3, 0.4) is 0 Å². The molecule has 1 aliphatic carbocycles. The van der Waals surface area contributed by atoms with Crippen molar-refractivity contribution in [1.29, 1.82) is 0 Å². The number of methoxy groups -OCH3 is 1. The molecule has 0 aromatic heterocycles. The molecule has 0 aliphatic heterocycles. The topological polar surface area (TPSA) is 55.4 Å². The standard InChI is InChI=1S/C10H15NO3/c1-7(12)11-9-6-4-3-5-8(9)10(13)14-2/h3-4,8-9H,5-6H2,1-2H3,(H,11,12)/t8-,9-/m1/s1. The van der Waals surface area contributed by atoms with Gasteiger partial charge in [0.25, 0.3) is 0 Å². The number of rotatable bonds is 2. The third-order valence-electron chi connectivity index (χ3n) is 2.32. The second-order valence-corrected chi connectivity index (χ2v) is 3.38. The Balaban J connectivity index is 2.65. The van der Waals surface area contributed by atoms with Crippen molar-refractivity contribution in [2.24, 2.45) is 5.92 Å². The number of esters is 1. The highest BCUT2D eigenvalue weighted by Crippen LogP contribution is 2.20. The van der Waals surface area contributed by atoms with Crippen LogP contribution < -0.4 is 5.32 Å². The second-order valence-electron chi connectivity index (χ2n) is 3.38. The molecule has 0 saturated carbocycles. The van der Waals surface area contributed by atoms with Gasteiger partial charge in [0.05, 0.1) is 13.0 Å². The van der Waals surface area contributed by atoms with Crippen molar-refractivity contribution < 1.29 is 14.3 Å². The third kappa shape index (κ3) is 2.58. The van der Waals surface area contributed by atoms with E-state index in [0.29, 0.717) is 12.8 Å². The van der Waals surface area contributed by atoms with Gasteiger partial charge < -0.3 is 10.1 Å². The van der Waals surface area contributed by atoms with Gasteiger partial charge in [-0.1, -0.05) is 12.2 Å². The number of amides is 1. The number of carbonyl (C=O) groups is 2. The first-order valence-electron chi connectivity index (χ1n) is 4.65. The minimum atomic E-state index is -0.256. The number of nitrogens with one attached hydrogen (secondary N) is 1. The van der Waals surface area contributed by atoms with Crippen molar-refractivity contribution in [1.82, 2.24) is 5.32 Å². The summed E-state index contributed by atoms with van der Waals surface area (Å²) in [7, 11) is 1.37. The Hall–Kier alpha value is -1.32. The average Bonchev–Trinajstić information content (AvgIpc) is 2.16. The van der Waals surface area contributed by atoms with Gasteiger partial charge in [0.1, 0.15) is 0 Å². The average molecular weight is 197 g/mol. The van der Waals surface area contributed by atoms with E-state index < -0.39 is 0 Å². The van der Waals surface area contributed by atoms with E-state index in [9.17, 15) is 9.59 Å². The maximum absolute atomic E-state index is 11.4. The first-order valence-corrected chi connectivity index (χ1v) is 4.65. The van der Waals surface area contributed by atoms with E-state index in [0.717, 1.165) is 0 Å². The lowest BCUT2D eigenvalue weighted by Crippen LogP contribution is -2.43. The highest BCUT2D eigenvalue weighted by molar-refractivity contribution is 5.77. The summed E-state index contributed by atoms with van der Waals surface area (Å²) < 4.78 is 4.68. The summed E-state index contributed by atoms with van der Waals surface area (Å²) in [6, 6.07) is -0.120. The van der Waals surface area contributed by atoms with E-state index in [-0.39, 0.29) is 23.8 Å². The zero-order chi connectivity index (χ0) is 10.6. The van der Waals surface area contributed by atoms with Gasteiger partial charge in [-0.25, -0.2) is 0 Å². The minimum Gasteiger partial charge on any atom is -0.469 e. The molecule has 4 heteroatoms. The summed E-state index contributed by atoms with van der Waals surface area (Å²) in [5, 5.41) is 2.76. The Bertz CT molecular complexity index is 260. The molecule has 4 nitrogen and oxygen atoms in total. The van der Waals surface area contributed by atoms with Gasteiger partial charge in [-0.3, -0.25) is 9.59 Å². The van der Waals surface area contributed by atoms with Crippen molar-refractivity contribution >= 4 is 11.9 Å². The molecule has 0 radical (unpaired) electrons. The van der Waals surface area contributed by atoms with E-state index in [1.165, 1.54) is 14.0 Å². The minimum absolute atomic E-state index is 0.112. The Kier molecular flexibility index (Phi) is 3.68. The predicted molar refractivity (Wildman–Crippen MR) is 51.5 cm³/mol. The van der Waals surface area contributed by atoms with Gasteiger partial charge in [0.2, 0.25) is 5.91 Å². The molecule has 1 aliphatic rings. The van der Waals surface area contributed by atoms with Gasteiger partial charge in [0.15, 0.2) is 0 Å². The van der Waals surface area contributed by atoms with Crippen molar-refractivity contribution in [3.63, 3.8) is 0 Å². The van der Waals surface area contributed by atoms with Crippen molar-refractivity contribution in [2.45, 2.75) is 25.8 Å². The van der Waals surface area contributed by atoms with Crippen LogP contribution in [0.4, 0.5) is 0 Å². The number of ether oxygens (including phenoxy) is 1. The zero-order valence-corrected chi connectivity index (χ0v) is 8.45. The van der Waals surface area contributed by atoms with E-state index in [2.05, 4.69) is 10.1 Å². The Labute approximate surface area is 83.3 Å². The molecule has 2 atom stereocenters. The van der Waals surface area contributed by atoms with E-state index in [4.69, 9.17) is 0 Å². The molecule has 0 fully saturated rings. The molecule has 1 N–H and O–H groups in total. The highest BCUT2D eigenvalue weighted by atomic mass is 16.5. The molecule has 0 spiro atoms. The third-order valence-corrected chi connectivity index (χ3v) is 2.32. The van der Waals surface area contributed by atoms with Crippen LogP contribution in [-0.2, 0) is 14.3 Å². The van der Waals surface area contributed by atoms with Gasteiger partial charge in [-0.05, 0) is 12.8 Å². The molecule has 1 amide bonds. The monoisotopic (exact) mass is 197 g/mol. The van der Waals surface area contributed by atoms with Crippen molar-refractivity contribution in [2.75, 3.05) is 7.11 Å². The lowest BCUT2D eigenvalue weighted by atomic mass is 9.89. The van der Waals surface area contributed by atoms with Crippen molar-refractivity contribution in [3.8, 4) is 0 Å². The van der Waals surface area contributed by atoms with E-state index in [1.54, 1.807) is 0 Å². The molecule has 0 aromatic rings. The van der Waals surface area contributed by atoms with Crippen LogP contribution in [0.1, 0.15) is 19.8 Å². The molecule has 78 valence electrons. The SMILES string of the molecule is COC(=O)[C@@H]1CC=CC[C@H]1NC(C)=O. The van der Waals surface area contributed by atoms with Crippen LogP contribution >= 0.6 is 0 Å². The summed E-state index contributed by atoms with van der Waals surface area (Å²) >= 11 is 0. The van der Waals surface area contributed by atoms with Crippen LogP contribution in [0.2, 0.25) is 0 Å². The van der Waals surface area contributed by atoms with Gasteiger partial charge in [-0.2, -0.15) is 0 Å². The Morgan fingerprint density at radius 3 is 2.57 bits per heavy atom. The van der Waals surface area contributed by atoms with Crippen molar-refractivity contribution in [3.05, 3.63) is 12.2 Å². The second kappa shape index (κ2) is 4.79. The lowest BCUT2D eigenvalue weighted by molar-refractivity contribution is -0.146. The molecule has 0 saturated heterocycles. The molecular weight excluding hydrogens is 182 g/mol. The van der Waals surface area contributed by atoms with Crippen LogP contribution in [-0.4, -0.2) is 25.0 Å². The van der Waals surface area contributed by atoms with E-state index >= 15 is 0 Å². The summed E-state index contributed by atoms with van der Waals surface area (Å²) in [5.41, 5.74) is 0. The number of allylic oxidation sites excluding steroid dienone is 1. The quantitative estimate of drug-likeness (QED) is 0.522. The molecule has 14 heavy (non-hydrogen) atoms. The normalized spacial score (nSPS) is 25.6. The summed E-state index contributed by atoms with van der Waals surface area (Å²) in [6.07, 6.45) is 5.25. The number of hydrogen-bond donors (Lipinski definition) is 1. The molecule has 0 heterocycles. The first kappa shape index (κ1) is 10.8. The van der Waals surface area contributed by atoms with Crippen LogP contribution in [0.25, 0.3) is 0 Å². The smallest absolute Gasteiger partial charge is 0.311 e. The largest absolute Gasteiger partial charge is 0.469 e. The van der Waals surface area contributed by atoms with Crippen LogP contribution in [0.5, 0.6) is 0 Å². The summed E-state index contributed by atoms with van der Waals surface area (Å²) in [6.45, 7) is 1.45. The molecule has 0 aromatic carbocycles. The zero-order valence-electron chi connectivity index (χ0n) is 8.45. The van der Waals surface area contributed by atoms with Gasteiger partial charge in [0, 0.05) is 13.0 Å². The number of carbonyl (C=O) groups excluding carboxylic acids is 2. The fourth-order valence-electron chi connectivity index (χ4n) is 1.65. The summed E-state index contributed by atoms with van der Waals surface area (Å²) in [5.74, 6) is -0.610. The fourth-order valence-corrected chi connectivity index (χ4v) is 1.65. The summed E-state index contributed by atoms with van der Waals surface area (Å²) in [4.78, 5) is 22.2. The predicted octanol–water partition coefficient (Wildman–Crippen LogP) is 0.630. The Morgan fingerprint density at radius 2 is 2.00 bits per heavy atom. The van der Waals surface area contributed by atoms with Gasteiger partial charge >= 0.3 is 5.97 Å². The maximum atomic E-state index is 11.4. The molecule has 1 rings (SSSR count). The Morgan fingerprint density at radius 1 is 1.36 bits per heavy atom. The maximum Gasteiger partial charge on any atom is 0.311 e. The first-order chi connectivity index (χ1) is 6.65. The van der Waals surface area contributed by atoms with E-state index in [1.807, 2.05) is 12.2 Å². The van der Waals surface area contributed by atoms with Gasteiger partial charge in [-0.15, -0.1) is 0 Å². The fraction of sp³-hybridized carbons (Fsp3) is 0.600.